The van der Waals surface area contributed by atoms with E-state index in [1.165, 1.54) is 5.56 Å². The molecule has 0 aliphatic heterocycles. The lowest BCUT2D eigenvalue weighted by Crippen LogP contribution is -2.03. The summed E-state index contributed by atoms with van der Waals surface area (Å²) in [6.45, 7) is 2.14. The summed E-state index contributed by atoms with van der Waals surface area (Å²) in [4.78, 5) is 1.94. The van der Waals surface area contributed by atoms with Gasteiger partial charge in [0.1, 0.15) is 0 Å². The number of tetrazole rings is 1. The number of aryl methyl sites for hydroxylation is 1. The molecule has 0 saturated heterocycles. The Balaban J connectivity index is 2.30. The van der Waals surface area contributed by atoms with Crippen molar-refractivity contribution in [3.8, 4) is 5.69 Å². The molecular formula is C13H17N5. The van der Waals surface area contributed by atoms with Gasteiger partial charge in [-0.2, -0.15) is 4.68 Å². The van der Waals surface area contributed by atoms with Crippen LogP contribution in [0.1, 0.15) is 18.3 Å². The zero-order chi connectivity index (χ0) is 13.0. The molecule has 0 bridgehead atoms. The van der Waals surface area contributed by atoms with Crippen molar-refractivity contribution in [3.05, 3.63) is 41.9 Å². The zero-order valence-corrected chi connectivity index (χ0v) is 10.9. The van der Waals surface area contributed by atoms with Crippen LogP contribution in [0.5, 0.6) is 0 Å². The molecular weight excluding hydrogens is 226 g/mol. The molecule has 0 unspecified atom stereocenters. The third-order valence-corrected chi connectivity index (χ3v) is 2.60. The zero-order valence-electron chi connectivity index (χ0n) is 10.9. The van der Waals surface area contributed by atoms with Crippen molar-refractivity contribution < 1.29 is 0 Å². The number of nitrogens with zero attached hydrogens (tertiary/aromatic N) is 5. The van der Waals surface area contributed by atoms with E-state index >= 15 is 0 Å². The minimum absolute atomic E-state index is 0.716. The highest BCUT2D eigenvalue weighted by molar-refractivity contribution is 5.44. The Hall–Kier alpha value is -2.17. The van der Waals surface area contributed by atoms with Crippen molar-refractivity contribution >= 4 is 6.08 Å². The Bertz CT molecular complexity index is 525. The lowest BCUT2D eigenvalue weighted by atomic mass is 10.1. The average Bonchev–Trinajstić information content (AvgIpc) is 2.85. The van der Waals surface area contributed by atoms with Crippen LogP contribution >= 0.6 is 0 Å². The summed E-state index contributed by atoms with van der Waals surface area (Å²) >= 11 is 0. The van der Waals surface area contributed by atoms with Crippen molar-refractivity contribution in [2.75, 3.05) is 14.1 Å². The first kappa shape index (κ1) is 12.3. The molecule has 1 aromatic carbocycles. The minimum atomic E-state index is 0.716. The predicted octanol–water partition coefficient (Wildman–Crippen LogP) is 1.76. The second kappa shape index (κ2) is 5.44. The highest BCUT2D eigenvalue weighted by atomic mass is 15.5. The third-order valence-electron chi connectivity index (χ3n) is 2.60. The van der Waals surface area contributed by atoms with Crippen LogP contribution < -0.4 is 0 Å². The van der Waals surface area contributed by atoms with E-state index in [4.69, 9.17) is 0 Å². The van der Waals surface area contributed by atoms with Crippen LogP contribution in [-0.2, 0) is 6.42 Å². The topological polar surface area (TPSA) is 46.8 Å². The van der Waals surface area contributed by atoms with Gasteiger partial charge in [-0.25, -0.2) is 0 Å². The average molecular weight is 243 g/mol. The van der Waals surface area contributed by atoms with Crippen LogP contribution in [0.25, 0.3) is 11.8 Å². The van der Waals surface area contributed by atoms with E-state index in [0.717, 1.165) is 12.1 Å². The fourth-order valence-corrected chi connectivity index (χ4v) is 1.57. The smallest absolute Gasteiger partial charge is 0.181 e. The van der Waals surface area contributed by atoms with Gasteiger partial charge in [-0.05, 0) is 34.5 Å². The van der Waals surface area contributed by atoms with Gasteiger partial charge in [-0.1, -0.05) is 19.1 Å². The van der Waals surface area contributed by atoms with Gasteiger partial charge in [0, 0.05) is 26.4 Å². The molecule has 0 fully saturated rings. The van der Waals surface area contributed by atoms with Crippen LogP contribution in [0.3, 0.4) is 0 Å². The summed E-state index contributed by atoms with van der Waals surface area (Å²) in [6, 6.07) is 8.25. The number of hydrogen-bond donors (Lipinski definition) is 0. The van der Waals surface area contributed by atoms with Gasteiger partial charge in [-0.15, -0.1) is 5.10 Å². The molecule has 0 aliphatic carbocycles. The van der Waals surface area contributed by atoms with Crippen LogP contribution in [0.4, 0.5) is 0 Å². The predicted molar refractivity (Wildman–Crippen MR) is 71.3 cm³/mol. The molecule has 2 rings (SSSR count). The SMILES string of the molecule is CCc1ccc(-n2nnnc2/C=C\N(C)C)cc1. The van der Waals surface area contributed by atoms with Crippen LogP contribution in [0, 0.1) is 0 Å². The largest absolute Gasteiger partial charge is 0.383 e. The number of benzene rings is 1. The first-order valence-corrected chi connectivity index (χ1v) is 5.93. The van der Waals surface area contributed by atoms with Gasteiger partial charge in [0.15, 0.2) is 5.82 Å². The molecule has 2 aromatic rings. The molecule has 18 heavy (non-hydrogen) atoms. The maximum absolute atomic E-state index is 4.01. The first-order chi connectivity index (χ1) is 8.70. The molecule has 5 heteroatoms. The van der Waals surface area contributed by atoms with Gasteiger partial charge in [0.2, 0.25) is 0 Å². The summed E-state index contributed by atoms with van der Waals surface area (Å²) in [5.41, 5.74) is 2.27. The van der Waals surface area contributed by atoms with E-state index in [9.17, 15) is 0 Å². The van der Waals surface area contributed by atoms with E-state index in [-0.39, 0.29) is 0 Å². The second-order valence-corrected chi connectivity index (χ2v) is 4.25. The minimum Gasteiger partial charge on any atom is -0.383 e. The highest BCUT2D eigenvalue weighted by Crippen LogP contribution is 2.11. The maximum Gasteiger partial charge on any atom is 0.181 e. The van der Waals surface area contributed by atoms with Crippen molar-refractivity contribution in [3.63, 3.8) is 0 Å². The normalized spacial score (nSPS) is 11.1. The van der Waals surface area contributed by atoms with Gasteiger partial charge >= 0.3 is 0 Å². The molecule has 5 nitrogen and oxygen atoms in total. The standard InChI is InChI=1S/C13H17N5/c1-4-11-5-7-12(8-6-11)18-13(14-15-16-18)9-10-17(2)3/h5-10H,4H2,1-3H3/b10-9-. The molecule has 1 heterocycles. The Labute approximate surface area is 107 Å². The lowest BCUT2D eigenvalue weighted by molar-refractivity contribution is 0.567. The molecule has 0 radical (unpaired) electrons. The number of rotatable bonds is 4. The van der Waals surface area contributed by atoms with Gasteiger partial charge in [0.05, 0.1) is 5.69 Å². The summed E-state index contributed by atoms with van der Waals surface area (Å²) in [5.74, 6) is 0.716. The van der Waals surface area contributed by atoms with Crippen molar-refractivity contribution in [1.82, 2.24) is 25.1 Å². The quantitative estimate of drug-likeness (QED) is 0.821. The Morgan fingerprint density at radius 1 is 1.22 bits per heavy atom. The van der Waals surface area contributed by atoms with E-state index in [1.54, 1.807) is 4.68 Å². The Kier molecular flexibility index (Phi) is 3.72. The summed E-state index contributed by atoms with van der Waals surface area (Å²) < 4.78 is 1.72. The molecule has 0 atom stereocenters. The van der Waals surface area contributed by atoms with Crippen LogP contribution in [-0.4, -0.2) is 39.2 Å². The Morgan fingerprint density at radius 2 is 1.94 bits per heavy atom. The van der Waals surface area contributed by atoms with Crippen molar-refractivity contribution in [2.45, 2.75) is 13.3 Å². The first-order valence-electron chi connectivity index (χ1n) is 5.93. The van der Waals surface area contributed by atoms with Gasteiger partial charge in [-0.3, -0.25) is 0 Å². The highest BCUT2D eigenvalue weighted by Gasteiger charge is 2.04. The number of aromatic nitrogens is 4. The van der Waals surface area contributed by atoms with E-state index < -0.39 is 0 Å². The molecule has 0 saturated carbocycles. The van der Waals surface area contributed by atoms with E-state index in [1.807, 2.05) is 43.4 Å². The van der Waals surface area contributed by atoms with Gasteiger partial charge in [0.25, 0.3) is 0 Å². The monoisotopic (exact) mass is 243 g/mol. The fourth-order valence-electron chi connectivity index (χ4n) is 1.57. The van der Waals surface area contributed by atoms with Crippen molar-refractivity contribution in [2.24, 2.45) is 0 Å². The number of hydrogen-bond acceptors (Lipinski definition) is 4. The van der Waals surface area contributed by atoms with E-state index in [2.05, 4.69) is 34.6 Å². The van der Waals surface area contributed by atoms with Crippen LogP contribution in [0.2, 0.25) is 0 Å². The van der Waals surface area contributed by atoms with Crippen LogP contribution in [0.15, 0.2) is 30.5 Å². The van der Waals surface area contributed by atoms with Crippen molar-refractivity contribution in [1.29, 1.82) is 0 Å². The third kappa shape index (κ3) is 2.74. The molecule has 0 aliphatic rings. The molecule has 0 spiro atoms. The molecule has 0 N–H and O–H groups in total. The molecule has 1 aromatic heterocycles. The summed E-state index contributed by atoms with van der Waals surface area (Å²) in [7, 11) is 3.92. The second-order valence-electron chi connectivity index (χ2n) is 4.25. The lowest BCUT2D eigenvalue weighted by Gasteiger charge is -2.05. The van der Waals surface area contributed by atoms with E-state index in [0.29, 0.717) is 5.82 Å². The van der Waals surface area contributed by atoms with Gasteiger partial charge < -0.3 is 4.90 Å². The summed E-state index contributed by atoms with van der Waals surface area (Å²) in [6.07, 6.45) is 4.83. The fraction of sp³-hybridized carbons (Fsp3) is 0.308. The molecule has 0 amide bonds. The summed E-state index contributed by atoms with van der Waals surface area (Å²) in [5, 5.41) is 11.7. The maximum atomic E-state index is 4.01. The molecule has 94 valence electrons. The Morgan fingerprint density at radius 3 is 2.56 bits per heavy atom.